The molecule has 0 saturated carbocycles. The Balaban J connectivity index is 4.35. The zero-order chi connectivity index (χ0) is 14.6. The Morgan fingerprint density at radius 2 is 1.32 bits per heavy atom. The summed E-state index contributed by atoms with van der Waals surface area (Å²) in [7, 11) is -2.46. The monoisotopic (exact) mass is 289 g/mol. The number of rotatable bonds is 12. The second-order valence-electron chi connectivity index (χ2n) is 4.24. The molecule has 0 aromatic carbocycles. The van der Waals surface area contributed by atoms with Gasteiger partial charge in [0.25, 0.3) is 0 Å². The summed E-state index contributed by atoms with van der Waals surface area (Å²) in [6.07, 6.45) is 3.05. The van der Waals surface area contributed by atoms with Gasteiger partial charge in [0, 0.05) is 38.1 Å². The van der Waals surface area contributed by atoms with E-state index in [1.165, 1.54) is 5.71 Å². The van der Waals surface area contributed by atoms with E-state index in [9.17, 15) is 0 Å². The summed E-state index contributed by atoms with van der Waals surface area (Å²) < 4.78 is 17.4. The second kappa shape index (κ2) is 11.6. The van der Waals surface area contributed by atoms with Crippen molar-refractivity contribution in [3.05, 3.63) is 0 Å². The highest BCUT2D eigenvalue weighted by Crippen LogP contribution is 2.18. The van der Waals surface area contributed by atoms with Crippen LogP contribution in [0.3, 0.4) is 0 Å². The normalized spacial score (nSPS) is 11.6. The predicted molar refractivity (Wildman–Crippen MR) is 82.9 cm³/mol. The van der Waals surface area contributed by atoms with E-state index in [0.29, 0.717) is 19.8 Å². The maximum Gasteiger partial charge on any atom is 0.500 e. The van der Waals surface area contributed by atoms with Crippen LogP contribution in [0.15, 0.2) is 4.99 Å². The van der Waals surface area contributed by atoms with Crippen LogP contribution >= 0.6 is 0 Å². The number of hydrogen-bond acceptors (Lipinski definition) is 4. The molecule has 0 radical (unpaired) electrons. The molecule has 0 aliphatic rings. The zero-order valence-electron chi connectivity index (χ0n) is 13.3. The second-order valence-corrected chi connectivity index (χ2v) is 6.97. The van der Waals surface area contributed by atoms with Crippen LogP contribution in [-0.4, -0.2) is 40.9 Å². The Labute approximate surface area is 119 Å². The van der Waals surface area contributed by atoms with Crippen molar-refractivity contribution in [1.82, 2.24) is 0 Å². The SMILES string of the molecule is CCO[Si](CCCN=C(CC)CC)(OCC)OCC. The highest BCUT2D eigenvalue weighted by molar-refractivity contribution is 6.60. The lowest BCUT2D eigenvalue weighted by atomic mass is 10.2. The molecule has 0 saturated heterocycles. The van der Waals surface area contributed by atoms with Gasteiger partial charge in [-0.15, -0.1) is 0 Å². The van der Waals surface area contributed by atoms with E-state index in [2.05, 4.69) is 18.8 Å². The quantitative estimate of drug-likeness (QED) is 0.312. The Kier molecular flexibility index (Phi) is 11.4. The number of aliphatic imine (C=N–C) groups is 1. The topological polar surface area (TPSA) is 40.0 Å². The predicted octanol–water partition coefficient (Wildman–Crippen LogP) is 3.69. The van der Waals surface area contributed by atoms with E-state index in [1.807, 2.05) is 20.8 Å². The molecule has 0 rings (SSSR count). The van der Waals surface area contributed by atoms with Crippen LogP contribution in [0.1, 0.15) is 53.9 Å². The Morgan fingerprint density at radius 3 is 1.68 bits per heavy atom. The largest absolute Gasteiger partial charge is 0.500 e. The van der Waals surface area contributed by atoms with Crippen molar-refractivity contribution < 1.29 is 13.3 Å². The summed E-state index contributed by atoms with van der Waals surface area (Å²) >= 11 is 0. The minimum absolute atomic E-state index is 0.644. The van der Waals surface area contributed by atoms with Gasteiger partial charge in [0.1, 0.15) is 0 Å². The molecule has 4 nitrogen and oxygen atoms in total. The lowest BCUT2D eigenvalue weighted by Gasteiger charge is -2.28. The van der Waals surface area contributed by atoms with Crippen molar-refractivity contribution in [1.29, 1.82) is 0 Å². The third-order valence-corrected chi connectivity index (χ3v) is 6.04. The average molecular weight is 289 g/mol. The van der Waals surface area contributed by atoms with Crippen LogP contribution < -0.4 is 0 Å². The number of nitrogens with zero attached hydrogens (tertiary/aromatic N) is 1. The summed E-state index contributed by atoms with van der Waals surface area (Å²) in [6.45, 7) is 13.1. The molecule has 0 aromatic heterocycles. The van der Waals surface area contributed by atoms with Crippen LogP contribution in [0.2, 0.25) is 6.04 Å². The summed E-state index contributed by atoms with van der Waals surface area (Å²) in [4.78, 5) is 4.62. The molecule has 0 bridgehead atoms. The minimum Gasteiger partial charge on any atom is -0.374 e. The van der Waals surface area contributed by atoms with Crippen LogP contribution in [-0.2, 0) is 13.3 Å². The van der Waals surface area contributed by atoms with Gasteiger partial charge in [-0.1, -0.05) is 13.8 Å². The molecule has 0 aliphatic carbocycles. The van der Waals surface area contributed by atoms with Crippen LogP contribution in [0.4, 0.5) is 0 Å². The van der Waals surface area contributed by atoms with Gasteiger partial charge in [-0.2, -0.15) is 0 Å². The summed E-state index contributed by atoms with van der Waals surface area (Å²) in [5.74, 6) is 0. The van der Waals surface area contributed by atoms with Crippen molar-refractivity contribution in [3.8, 4) is 0 Å². The van der Waals surface area contributed by atoms with E-state index >= 15 is 0 Å². The standard InChI is InChI=1S/C14H31NO3Si/c1-6-14(7-2)15-12-11-13-19(16-8-3,17-9-4)18-10-5/h6-13H2,1-5H3. The zero-order valence-corrected chi connectivity index (χ0v) is 14.3. The molecule has 0 fully saturated rings. The minimum atomic E-state index is -2.46. The van der Waals surface area contributed by atoms with E-state index in [-0.39, 0.29) is 0 Å². The smallest absolute Gasteiger partial charge is 0.374 e. The van der Waals surface area contributed by atoms with Gasteiger partial charge in [0.2, 0.25) is 0 Å². The first-order chi connectivity index (χ1) is 9.17. The molecule has 0 spiro atoms. The lowest BCUT2D eigenvalue weighted by molar-refractivity contribution is 0.0710. The van der Waals surface area contributed by atoms with E-state index in [4.69, 9.17) is 13.3 Å². The van der Waals surface area contributed by atoms with Crippen molar-refractivity contribution in [2.45, 2.75) is 59.9 Å². The first kappa shape index (κ1) is 18.8. The van der Waals surface area contributed by atoms with Crippen LogP contribution in [0.25, 0.3) is 0 Å². The lowest BCUT2D eigenvalue weighted by Crippen LogP contribution is -2.46. The first-order valence-corrected chi connectivity index (χ1v) is 9.55. The van der Waals surface area contributed by atoms with Crippen molar-refractivity contribution in [2.24, 2.45) is 4.99 Å². The van der Waals surface area contributed by atoms with Crippen LogP contribution in [0.5, 0.6) is 0 Å². The molecule has 0 N–H and O–H groups in total. The van der Waals surface area contributed by atoms with Gasteiger partial charge in [0.15, 0.2) is 0 Å². The molecule has 0 aromatic rings. The average Bonchev–Trinajstić information content (AvgIpc) is 2.40. The van der Waals surface area contributed by atoms with Gasteiger partial charge in [-0.3, -0.25) is 4.99 Å². The third kappa shape index (κ3) is 7.82. The maximum atomic E-state index is 5.82. The molecular weight excluding hydrogens is 258 g/mol. The molecule has 19 heavy (non-hydrogen) atoms. The third-order valence-electron chi connectivity index (χ3n) is 2.89. The van der Waals surface area contributed by atoms with Crippen molar-refractivity contribution in [2.75, 3.05) is 26.4 Å². The van der Waals surface area contributed by atoms with E-state index in [0.717, 1.165) is 31.9 Å². The van der Waals surface area contributed by atoms with Crippen molar-refractivity contribution >= 4 is 14.5 Å². The first-order valence-electron chi connectivity index (χ1n) is 7.61. The van der Waals surface area contributed by atoms with Gasteiger partial charge >= 0.3 is 8.80 Å². The molecular formula is C14H31NO3Si. The molecule has 114 valence electrons. The van der Waals surface area contributed by atoms with Crippen LogP contribution in [0, 0.1) is 0 Å². The fourth-order valence-electron chi connectivity index (χ4n) is 2.01. The van der Waals surface area contributed by atoms with Gasteiger partial charge < -0.3 is 13.3 Å². The van der Waals surface area contributed by atoms with E-state index < -0.39 is 8.80 Å². The highest BCUT2D eigenvalue weighted by Gasteiger charge is 2.39. The Hall–Kier alpha value is -0.233. The highest BCUT2D eigenvalue weighted by atomic mass is 28.4. The van der Waals surface area contributed by atoms with Gasteiger partial charge in [-0.25, -0.2) is 0 Å². The van der Waals surface area contributed by atoms with Gasteiger partial charge in [-0.05, 0) is 40.0 Å². The number of hydrogen-bond donors (Lipinski definition) is 0. The molecule has 0 amide bonds. The Bertz CT molecular complexity index is 224. The summed E-state index contributed by atoms with van der Waals surface area (Å²) in [5.41, 5.74) is 1.29. The fourth-order valence-corrected chi connectivity index (χ4v) is 4.60. The van der Waals surface area contributed by atoms with Crippen molar-refractivity contribution in [3.63, 3.8) is 0 Å². The molecule has 0 heterocycles. The summed E-state index contributed by atoms with van der Waals surface area (Å²) in [6, 6.07) is 0.854. The Morgan fingerprint density at radius 1 is 0.842 bits per heavy atom. The van der Waals surface area contributed by atoms with Gasteiger partial charge in [0.05, 0.1) is 0 Å². The fraction of sp³-hybridized carbons (Fsp3) is 0.929. The molecule has 0 unspecified atom stereocenters. The maximum absolute atomic E-state index is 5.82. The molecule has 0 aliphatic heterocycles. The summed E-state index contributed by atoms with van der Waals surface area (Å²) in [5, 5.41) is 0. The van der Waals surface area contributed by atoms with E-state index in [1.54, 1.807) is 0 Å². The molecule has 0 atom stereocenters. The molecule has 5 heteroatoms.